The van der Waals surface area contributed by atoms with Crippen LogP contribution in [0.15, 0.2) is 36.4 Å². The number of fused-ring (bicyclic) bond motifs is 1. The fourth-order valence-corrected chi connectivity index (χ4v) is 3.33. The molecule has 0 atom stereocenters. The predicted molar refractivity (Wildman–Crippen MR) is 108 cm³/mol. The summed E-state index contributed by atoms with van der Waals surface area (Å²) < 4.78 is 16.1. The molecule has 2 amide bonds. The molecule has 0 unspecified atom stereocenters. The third kappa shape index (κ3) is 4.51. The standard InChI is InChI=1S/C20H20N4O7/c25-19(21-22-20(26)14-2-4-17-18(12-14)31-10-9-30-17)13-1-3-15(16(11-13)24(27)28)23-5-7-29-8-6-23/h1-4,11-12H,5-10H2,(H,21,25)(H,22,26). The maximum absolute atomic E-state index is 12.4. The zero-order chi connectivity index (χ0) is 21.8. The Morgan fingerprint density at radius 2 is 1.48 bits per heavy atom. The van der Waals surface area contributed by atoms with Gasteiger partial charge in [-0.1, -0.05) is 0 Å². The van der Waals surface area contributed by atoms with Gasteiger partial charge in [-0.2, -0.15) is 0 Å². The summed E-state index contributed by atoms with van der Waals surface area (Å²) in [6, 6.07) is 8.86. The SMILES string of the molecule is O=C(NNC(=O)c1ccc(N2CCOCC2)c([N+](=O)[O-])c1)c1ccc2c(c1)OCCO2. The van der Waals surface area contributed by atoms with Gasteiger partial charge in [0.15, 0.2) is 11.5 Å². The number of nitro groups is 1. The average Bonchev–Trinajstić information content (AvgIpc) is 2.82. The first-order valence-corrected chi connectivity index (χ1v) is 9.64. The monoisotopic (exact) mass is 428 g/mol. The van der Waals surface area contributed by atoms with Crippen LogP contribution in [0.4, 0.5) is 11.4 Å². The Morgan fingerprint density at radius 1 is 0.871 bits per heavy atom. The van der Waals surface area contributed by atoms with E-state index in [1.54, 1.807) is 6.07 Å². The number of ether oxygens (including phenoxy) is 3. The van der Waals surface area contributed by atoms with Crippen molar-refractivity contribution in [1.82, 2.24) is 10.9 Å². The lowest BCUT2D eigenvalue weighted by atomic mass is 10.1. The Bertz CT molecular complexity index is 1020. The summed E-state index contributed by atoms with van der Waals surface area (Å²) in [7, 11) is 0. The molecule has 0 saturated carbocycles. The van der Waals surface area contributed by atoms with Gasteiger partial charge in [-0.15, -0.1) is 0 Å². The number of nitrogens with one attached hydrogen (secondary N) is 2. The normalized spacial score (nSPS) is 15.2. The molecule has 0 bridgehead atoms. The van der Waals surface area contributed by atoms with Crippen LogP contribution < -0.4 is 25.2 Å². The van der Waals surface area contributed by atoms with Crippen LogP contribution >= 0.6 is 0 Å². The Kier molecular flexibility index (Phi) is 5.85. The summed E-state index contributed by atoms with van der Waals surface area (Å²) >= 11 is 0. The van der Waals surface area contributed by atoms with Crippen LogP contribution in [0.2, 0.25) is 0 Å². The topological polar surface area (TPSA) is 132 Å². The maximum atomic E-state index is 12.4. The van der Waals surface area contributed by atoms with Crippen LogP contribution in [0.3, 0.4) is 0 Å². The molecule has 0 aromatic heterocycles. The average molecular weight is 428 g/mol. The Hall–Kier alpha value is -3.86. The van der Waals surface area contributed by atoms with Crippen LogP contribution in [0, 0.1) is 10.1 Å². The molecular weight excluding hydrogens is 408 g/mol. The van der Waals surface area contributed by atoms with Gasteiger partial charge in [0.1, 0.15) is 18.9 Å². The van der Waals surface area contributed by atoms with Gasteiger partial charge in [0.25, 0.3) is 17.5 Å². The highest BCUT2D eigenvalue weighted by atomic mass is 16.6. The molecule has 162 valence electrons. The van der Waals surface area contributed by atoms with Crippen molar-refractivity contribution in [3.63, 3.8) is 0 Å². The van der Waals surface area contributed by atoms with Crippen molar-refractivity contribution >= 4 is 23.2 Å². The lowest BCUT2D eigenvalue weighted by Crippen LogP contribution is -2.41. The molecule has 4 rings (SSSR count). The molecular formula is C20H20N4O7. The van der Waals surface area contributed by atoms with E-state index in [1.807, 2.05) is 4.90 Å². The van der Waals surface area contributed by atoms with E-state index in [1.165, 1.54) is 30.3 Å². The minimum atomic E-state index is -0.678. The number of nitrogens with zero attached hydrogens (tertiary/aromatic N) is 2. The third-order valence-electron chi connectivity index (χ3n) is 4.88. The van der Waals surface area contributed by atoms with Crippen molar-refractivity contribution in [2.45, 2.75) is 0 Å². The van der Waals surface area contributed by atoms with Gasteiger partial charge in [0.2, 0.25) is 0 Å². The van der Waals surface area contributed by atoms with Crippen molar-refractivity contribution in [2.75, 3.05) is 44.4 Å². The molecule has 1 saturated heterocycles. The largest absolute Gasteiger partial charge is 0.486 e. The second-order valence-corrected chi connectivity index (χ2v) is 6.83. The molecule has 2 aliphatic rings. The van der Waals surface area contributed by atoms with Gasteiger partial charge < -0.3 is 19.1 Å². The number of anilines is 1. The third-order valence-corrected chi connectivity index (χ3v) is 4.88. The van der Waals surface area contributed by atoms with Crippen molar-refractivity contribution in [3.8, 4) is 11.5 Å². The van der Waals surface area contributed by atoms with E-state index < -0.39 is 16.7 Å². The minimum absolute atomic E-state index is 0.0474. The second kappa shape index (κ2) is 8.88. The van der Waals surface area contributed by atoms with E-state index in [0.29, 0.717) is 56.7 Å². The molecule has 11 nitrogen and oxygen atoms in total. The van der Waals surface area contributed by atoms with Gasteiger partial charge in [-0.05, 0) is 30.3 Å². The molecule has 0 aliphatic carbocycles. The summed E-state index contributed by atoms with van der Waals surface area (Å²) in [6.07, 6.45) is 0. The highest BCUT2D eigenvalue weighted by molar-refractivity contribution is 6.00. The molecule has 31 heavy (non-hydrogen) atoms. The Morgan fingerprint density at radius 3 is 2.16 bits per heavy atom. The fourth-order valence-electron chi connectivity index (χ4n) is 3.33. The van der Waals surface area contributed by atoms with Crippen molar-refractivity contribution in [2.24, 2.45) is 0 Å². The summed E-state index contributed by atoms with van der Waals surface area (Å²) in [4.78, 5) is 37.6. The lowest BCUT2D eigenvalue weighted by Gasteiger charge is -2.28. The Labute approximate surface area is 177 Å². The smallest absolute Gasteiger partial charge is 0.293 e. The summed E-state index contributed by atoms with van der Waals surface area (Å²) in [5.74, 6) is -0.258. The number of rotatable bonds is 4. The van der Waals surface area contributed by atoms with Crippen molar-refractivity contribution in [1.29, 1.82) is 0 Å². The first-order chi connectivity index (χ1) is 15.0. The molecule has 0 radical (unpaired) electrons. The molecule has 11 heteroatoms. The molecule has 2 N–H and O–H groups in total. The summed E-state index contributed by atoms with van der Waals surface area (Å²) in [5, 5.41) is 11.5. The van der Waals surface area contributed by atoms with Crippen LogP contribution in [0.5, 0.6) is 11.5 Å². The molecule has 0 spiro atoms. The molecule has 2 heterocycles. The van der Waals surface area contributed by atoms with E-state index in [4.69, 9.17) is 14.2 Å². The Balaban J connectivity index is 1.44. The molecule has 1 fully saturated rings. The van der Waals surface area contributed by atoms with E-state index in [2.05, 4.69) is 10.9 Å². The van der Waals surface area contributed by atoms with Crippen molar-refractivity contribution < 1.29 is 28.7 Å². The van der Waals surface area contributed by atoms with E-state index >= 15 is 0 Å². The number of hydrazine groups is 1. The maximum Gasteiger partial charge on any atom is 0.293 e. The lowest BCUT2D eigenvalue weighted by molar-refractivity contribution is -0.384. The number of benzene rings is 2. The number of amides is 2. The minimum Gasteiger partial charge on any atom is -0.486 e. The number of carbonyl (C=O) groups is 2. The number of morpholine rings is 1. The van der Waals surface area contributed by atoms with Gasteiger partial charge in [-0.3, -0.25) is 30.6 Å². The van der Waals surface area contributed by atoms with Crippen LogP contribution in [0.25, 0.3) is 0 Å². The second-order valence-electron chi connectivity index (χ2n) is 6.83. The van der Waals surface area contributed by atoms with E-state index in [9.17, 15) is 19.7 Å². The summed E-state index contributed by atoms with van der Waals surface area (Å²) in [6.45, 7) is 2.83. The molecule has 2 aromatic rings. The molecule has 2 aromatic carbocycles. The quantitative estimate of drug-likeness (QED) is 0.550. The van der Waals surface area contributed by atoms with Gasteiger partial charge in [-0.25, -0.2) is 0 Å². The first kappa shape index (κ1) is 20.4. The van der Waals surface area contributed by atoms with E-state index in [0.717, 1.165) is 0 Å². The number of nitro benzene ring substituents is 1. The van der Waals surface area contributed by atoms with Crippen molar-refractivity contribution in [3.05, 3.63) is 57.6 Å². The summed E-state index contributed by atoms with van der Waals surface area (Å²) in [5.41, 5.74) is 5.12. The van der Waals surface area contributed by atoms with Gasteiger partial charge >= 0.3 is 0 Å². The highest BCUT2D eigenvalue weighted by Crippen LogP contribution is 2.31. The van der Waals surface area contributed by atoms with Gasteiger partial charge in [0, 0.05) is 30.3 Å². The first-order valence-electron chi connectivity index (χ1n) is 9.64. The predicted octanol–water partition coefficient (Wildman–Crippen LogP) is 1.28. The fraction of sp³-hybridized carbons (Fsp3) is 0.300. The van der Waals surface area contributed by atoms with Crippen LogP contribution in [-0.4, -0.2) is 56.3 Å². The number of carbonyl (C=O) groups excluding carboxylic acids is 2. The van der Waals surface area contributed by atoms with Gasteiger partial charge in [0.05, 0.1) is 18.1 Å². The number of hydrogen-bond donors (Lipinski definition) is 2. The number of hydrogen-bond acceptors (Lipinski definition) is 8. The van der Waals surface area contributed by atoms with E-state index in [-0.39, 0.29) is 16.8 Å². The molecule has 2 aliphatic heterocycles. The zero-order valence-electron chi connectivity index (χ0n) is 16.5. The van der Waals surface area contributed by atoms with Crippen LogP contribution in [-0.2, 0) is 4.74 Å². The highest BCUT2D eigenvalue weighted by Gasteiger charge is 2.23. The van der Waals surface area contributed by atoms with Crippen LogP contribution in [0.1, 0.15) is 20.7 Å². The zero-order valence-corrected chi connectivity index (χ0v) is 16.5.